The Morgan fingerprint density at radius 1 is 1.18 bits per heavy atom. The number of aryl methyl sites for hydroxylation is 1. The molecule has 0 aliphatic heterocycles. The zero-order valence-corrected chi connectivity index (χ0v) is 10.8. The Balaban J connectivity index is 2.03. The average Bonchev–Trinajstić information content (AvgIpc) is 2.30. The van der Waals surface area contributed by atoms with E-state index in [0.717, 1.165) is 24.0 Å². The molecule has 0 atom stereocenters. The molecule has 2 N–H and O–H groups in total. The van der Waals surface area contributed by atoms with Crippen LogP contribution in [-0.2, 0) is 0 Å². The molecule has 1 saturated carbocycles. The van der Waals surface area contributed by atoms with Crippen molar-refractivity contribution < 1.29 is 0 Å². The molecule has 4 nitrogen and oxygen atoms in total. The van der Waals surface area contributed by atoms with Crippen LogP contribution in [0.4, 0.5) is 11.6 Å². The van der Waals surface area contributed by atoms with Crippen molar-refractivity contribution in [3.05, 3.63) is 11.9 Å². The van der Waals surface area contributed by atoms with Crippen molar-refractivity contribution in [1.82, 2.24) is 9.97 Å². The molecule has 1 aliphatic rings. The molecular weight excluding hydrogens is 212 g/mol. The lowest BCUT2D eigenvalue weighted by Gasteiger charge is -2.23. The van der Waals surface area contributed by atoms with Crippen LogP contribution in [0.1, 0.15) is 44.9 Å². The van der Waals surface area contributed by atoms with Gasteiger partial charge in [-0.25, -0.2) is 9.97 Å². The number of nitrogens with one attached hydrogen (secondary N) is 2. The summed E-state index contributed by atoms with van der Waals surface area (Å²) in [5.74, 6) is 2.69. The van der Waals surface area contributed by atoms with Crippen LogP contribution in [0.5, 0.6) is 0 Å². The average molecular weight is 234 g/mol. The molecule has 0 bridgehead atoms. The van der Waals surface area contributed by atoms with Crippen molar-refractivity contribution >= 4 is 11.6 Å². The summed E-state index contributed by atoms with van der Waals surface area (Å²) in [6.45, 7) is 4.90. The summed E-state index contributed by atoms with van der Waals surface area (Å²) >= 11 is 0. The van der Waals surface area contributed by atoms with Crippen LogP contribution in [0.15, 0.2) is 6.07 Å². The summed E-state index contributed by atoms with van der Waals surface area (Å²) in [4.78, 5) is 8.80. The zero-order chi connectivity index (χ0) is 12.1. The van der Waals surface area contributed by atoms with E-state index in [4.69, 9.17) is 0 Å². The summed E-state index contributed by atoms with van der Waals surface area (Å²) in [7, 11) is 0. The number of anilines is 2. The van der Waals surface area contributed by atoms with Crippen molar-refractivity contribution in [1.29, 1.82) is 0 Å². The fraction of sp³-hybridized carbons (Fsp3) is 0.692. The number of rotatable bonds is 4. The first-order chi connectivity index (χ1) is 8.28. The van der Waals surface area contributed by atoms with Gasteiger partial charge in [0.1, 0.15) is 17.5 Å². The SMILES string of the molecule is CCNc1cc(NC2CCCCC2)nc(C)n1. The molecule has 0 unspecified atom stereocenters. The van der Waals surface area contributed by atoms with Gasteiger partial charge >= 0.3 is 0 Å². The van der Waals surface area contributed by atoms with Gasteiger partial charge in [-0.1, -0.05) is 19.3 Å². The standard InChI is InChI=1S/C13H22N4/c1-3-14-12-9-13(16-10(2)15-12)17-11-7-5-4-6-8-11/h9,11H,3-8H2,1-2H3,(H2,14,15,16,17). The largest absolute Gasteiger partial charge is 0.370 e. The third-order valence-electron chi connectivity index (χ3n) is 3.15. The summed E-state index contributed by atoms with van der Waals surface area (Å²) in [6.07, 6.45) is 6.58. The Bertz CT molecular complexity index is 358. The van der Waals surface area contributed by atoms with Gasteiger partial charge in [0, 0.05) is 18.7 Å². The fourth-order valence-corrected chi connectivity index (χ4v) is 2.37. The highest BCUT2D eigenvalue weighted by molar-refractivity contribution is 5.47. The van der Waals surface area contributed by atoms with Crippen molar-refractivity contribution in [2.75, 3.05) is 17.2 Å². The molecule has 0 amide bonds. The van der Waals surface area contributed by atoms with E-state index in [2.05, 4.69) is 27.5 Å². The van der Waals surface area contributed by atoms with E-state index in [0.29, 0.717) is 6.04 Å². The maximum Gasteiger partial charge on any atom is 0.132 e. The number of hydrogen-bond acceptors (Lipinski definition) is 4. The van der Waals surface area contributed by atoms with Gasteiger partial charge in [-0.3, -0.25) is 0 Å². The van der Waals surface area contributed by atoms with E-state index >= 15 is 0 Å². The minimum Gasteiger partial charge on any atom is -0.370 e. The van der Waals surface area contributed by atoms with Crippen molar-refractivity contribution in [2.24, 2.45) is 0 Å². The molecule has 0 saturated heterocycles. The highest BCUT2D eigenvalue weighted by Crippen LogP contribution is 2.21. The minimum atomic E-state index is 0.590. The molecule has 1 aliphatic carbocycles. The monoisotopic (exact) mass is 234 g/mol. The normalized spacial score (nSPS) is 16.8. The quantitative estimate of drug-likeness (QED) is 0.841. The lowest BCUT2D eigenvalue weighted by Crippen LogP contribution is -2.23. The van der Waals surface area contributed by atoms with E-state index in [-0.39, 0.29) is 0 Å². The van der Waals surface area contributed by atoms with Gasteiger partial charge in [-0.05, 0) is 26.7 Å². The van der Waals surface area contributed by atoms with Gasteiger partial charge in [0.15, 0.2) is 0 Å². The molecule has 0 spiro atoms. The molecule has 1 aromatic heterocycles. The Labute approximate surface area is 103 Å². The second kappa shape index (κ2) is 5.84. The smallest absolute Gasteiger partial charge is 0.132 e. The molecule has 1 aromatic rings. The predicted molar refractivity (Wildman–Crippen MR) is 71.4 cm³/mol. The molecule has 1 fully saturated rings. The van der Waals surface area contributed by atoms with Crippen LogP contribution < -0.4 is 10.6 Å². The minimum absolute atomic E-state index is 0.590. The van der Waals surface area contributed by atoms with E-state index in [1.54, 1.807) is 0 Å². The van der Waals surface area contributed by atoms with Crippen LogP contribution in [0.3, 0.4) is 0 Å². The molecule has 94 valence electrons. The van der Waals surface area contributed by atoms with Gasteiger partial charge < -0.3 is 10.6 Å². The molecule has 17 heavy (non-hydrogen) atoms. The summed E-state index contributed by atoms with van der Waals surface area (Å²) in [6, 6.07) is 2.60. The van der Waals surface area contributed by atoms with Crippen LogP contribution in [0.25, 0.3) is 0 Å². The Kier molecular flexibility index (Phi) is 4.18. The number of nitrogens with zero attached hydrogens (tertiary/aromatic N) is 2. The van der Waals surface area contributed by atoms with Gasteiger partial charge in [-0.2, -0.15) is 0 Å². The third kappa shape index (κ3) is 3.58. The number of hydrogen-bond donors (Lipinski definition) is 2. The van der Waals surface area contributed by atoms with E-state index in [1.807, 2.05) is 13.0 Å². The van der Waals surface area contributed by atoms with E-state index < -0.39 is 0 Å². The first kappa shape index (κ1) is 12.1. The summed E-state index contributed by atoms with van der Waals surface area (Å²) < 4.78 is 0. The second-order valence-electron chi connectivity index (χ2n) is 4.70. The van der Waals surface area contributed by atoms with Crippen molar-refractivity contribution in [3.63, 3.8) is 0 Å². The zero-order valence-electron chi connectivity index (χ0n) is 10.8. The van der Waals surface area contributed by atoms with Crippen molar-refractivity contribution in [3.8, 4) is 0 Å². The highest BCUT2D eigenvalue weighted by atomic mass is 15.1. The van der Waals surface area contributed by atoms with Crippen molar-refractivity contribution in [2.45, 2.75) is 52.0 Å². The van der Waals surface area contributed by atoms with Crippen LogP contribution in [0, 0.1) is 6.92 Å². The van der Waals surface area contributed by atoms with E-state index in [9.17, 15) is 0 Å². The second-order valence-corrected chi connectivity index (χ2v) is 4.70. The Hall–Kier alpha value is -1.32. The van der Waals surface area contributed by atoms with Gasteiger partial charge in [0.25, 0.3) is 0 Å². The van der Waals surface area contributed by atoms with Crippen LogP contribution >= 0.6 is 0 Å². The highest BCUT2D eigenvalue weighted by Gasteiger charge is 2.13. The van der Waals surface area contributed by atoms with Crippen LogP contribution in [-0.4, -0.2) is 22.6 Å². The van der Waals surface area contributed by atoms with Gasteiger partial charge in [-0.15, -0.1) is 0 Å². The first-order valence-electron chi connectivity index (χ1n) is 6.64. The van der Waals surface area contributed by atoms with Crippen LogP contribution in [0.2, 0.25) is 0 Å². The summed E-state index contributed by atoms with van der Waals surface area (Å²) in [5.41, 5.74) is 0. The molecule has 0 aromatic carbocycles. The molecule has 4 heteroatoms. The molecule has 0 radical (unpaired) electrons. The lowest BCUT2D eigenvalue weighted by molar-refractivity contribution is 0.462. The topological polar surface area (TPSA) is 49.8 Å². The maximum atomic E-state index is 4.45. The molecule has 1 heterocycles. The lowest BCUT2D eigenvalue weighted by atomic mass is 9.95. The third-order valence-corrected chi connectivity index (χ3v) is 3.15. The maximum absolute atomic E-state index is 4.45. The Morgan fingerprint density at radius 2 is 1.88 bits per heavy atom. The Morgan fingerprint density at radius 3 is 2.59 bits per heavy atom. The number of aromatic nitrogens is 2. The van der Waals surface area contributed by atoms with Gasteiger partial charge in [0.2, 0.25) is 0 Å². The molecule has 2 rings (SSSR count). The fourth-order valence-electron chi connectivity index (χ4n) is 2.37. The first-order valence-corrected chi connectivity index (χ1v) is 6.64. The van der Waals surface area contributed by atoms with E-state index in [1.165, 1.54) is 32.1 Å². The summed E-state index contributed by atoms with van der Waals surface area (Å²) in [5, 5.41) is 6.76. The molecular formula is C13H22N4. The van der Waals surface area contributed by atoms with Gasteiger partial charge in [0.05, 0.1) is 0 Å². The predicted octanol–water partition coefficient (Wildman–Crippen LogP) is 2.96.